The zero-order valence-corrected chi connectivity index (χ0v) is 10.2. The first-order valence-corrected chi connectivity index (χ1v) is 5.67. The van der Waals surface area contributed by atoms with Crippen molar-refractivity contribution in [1.29, 1.82) is 0 Å². The molecule has 0 spiro atoms. The summed E-state index contributed by atoms with van der Waals surface area (Å²) in [6.07, 6.45) is 0. The van der Waals surface area contributed by atoms with Gasteiger partial charge in [-0.3, -0.25) is 0 Å². The van der Waals surface area contributed by atoms with E-state index in [4.69, 9.17) is 27.8 Å². The van der Waals surface area contributed by atoms with Gasteiger partial charge in [0.15, 0.2) is 11.6 Å². The summed E-state index contributed by atoms with van der Waals surface area (Å²) in [5, 5.41) is -0.174. The van der Waals surface area contributed by atoms with Crippen molar-refractivity contribution in [1.82, 2.24) is 0 Å². The maximum Gasteiger partial charge on any atom is 0.187 e. The van der Waals surface area contributed by atoms with E-state index < -0.39 is 5.82 Å². The number of halogens is 2. The predicted octanol–water partition coefficient (Wildman–Crippen LogP) is 3.22. The molecule has 0 aliphatic rings. The molecule has 0 heterocycles. The number of nitrogens with two attached hydrogens (primary N) is 2. The zero-order valence-electron chi connectivity index (χ0n) is 9.49. The van der Waals surface area contributed by atoms with E-state index in [-0.39, 0.29) is 28.8 Å². The maximum atomic E-state index is 13.8. The fourth-order valence-electron chi connectivity index (χ4n) is 1.53. The molecule has 2 aromatic carbocycles. The van der Waals surface area contributed by atoms with Crippen LogP contribution in [0.2, 0.25) is 5.02 Å². The molecule has 3 nitrogen and oxygen atoms in total. The molecule has 4 N–H and O–H groups in total. The van der Waals surface area contributed by atoms with Crippen molar-refractivity contribution in [2.45, 2.75) is 6.61 Å². The minimum absolute atomic E-state index is 0.0712. The lowest BCUT2D eigenvalue weighted by Crippen LogP contribution is -2.03. The van der Waals surface area contributed by atoms with Gasteiger partial charge in [0.05, 0.1) is 11.4 Å². The van der Waals surface area contributed by atoms with Gasteiger partial charge in [-0.25, -0.2) is 4.39 Å². The van der Waals surface area contributed by atoms with Crippen LogP contribution in [0.25, 0.3) is 0 Å². The summed E-state index contributed by atoms with van der Waals surface area (Å²) < 4.78 is 19.2. The second kappa shape index (κ2) is 5.14. The highest BCUT2D eigenvalue weighted by molar-refractivity contribution is 6.33. The number of benzene rings is 2. The van der Waals surface area contributed by atoms with Crippen molar-refractivity contribution in [2.24, 2.45) is 0 Å². The van der Waals surface area contributed by atoms with E-state index in [2.05, 4.69) is 0 Å². The maximum absolute atomic E-state index is 13.8. The average Bonchev–Trinajstić information content (AvgIpc) is 2.37. The lowest BCUT2D eigenvalue weighted by molar-refractivity contribution is 0.292. The zero-order chi connectivity index (χ0) is 13.1. The number of rotatable bonds is 3. The highest BCUT2D eigenvalue weighted by Gasteiger charge is 2.15. The fourth-order valence-corrected chi connectivity index (χ4v) is 1.67. The molecule has 0 aliphatic carbocycles. The van der Waals surface area contributed by atoms with Crippen molar-refractivity contribution in [3.63, 3.8) is 0 Å². The molecular weight excluding hydrogens is 255 g/mol. The molecular formula is C13H12ClFN2O. The van der Waals surface area contributed by atoms with Crippen LogP contribution in [0.4, 0.5) is 15.8 Å². The predicted molar refractivity (Wildman–Crippen MR) is 71.0 cm³/mol. The summed E-state index contributed by atoms with van der Waals surface area (Å²) in [6, 6.07) is 10.7. The van der Waals surface area contributed by atoms with Crippen LogP contribution in [-0.2, 0) is 6.61 Å². The summed E-state index contributed by atoms with van der Waals surface area (Å²) in [5.41, 5.74) is 12.3. The van der Waals surface area contributed by atoms with Crippen LogP contribution in [-0.4, -0.2) is 0 Å². The summed E-state index contributed by atoms with van der Waals surface area (Å²) >= 11 is 5.70. The highest BCUT2D eigenvalue weighted by Crippen LogP contribution is 2.35. The van der Waals surface area contributed by atoms with E-state index >= 15 is 0 Å². The van der Waals surface area contributed by atoms with E-state index in [9.17, 15) is 4.39 Å². The van der Waals surface area contributed by atoms with E-state index in [1.165, 1.54) is 6.07 Å². The smallest absolute Gasteiger partial charge is 0.187 e. The first-order valence-electron chi connectivity index (χ1n) is 5.29. The molecule has 2 rings (SSSR count). The lowest BCUT2D eigenvalue weighted by Gasteiger charge is -2.12. The molecule has 0 fully saturated rings. The van der Waals surface area contributed by atoms with Crippen LogP contribution < -0.4 is 16.2 Å². The minimum atomic E-state index is -0.731. The Bertz CT molecular complexity index is 561. The number of anilines is 2. The van der Waals surface area contributed by atoms with Gasteiger partial charge in [0.1, 0.15) is 11.6 Å². The Morgan fingerprint density at radius 3 is 2.44 bits per heavy atom. The van der Waals surface area contributed by atoms with Gasteiger partial charge < -0.3 is 16.2 Å². The minimum Gasteiger partial charge on any atom is -0.484 e. The number of ether oxygens (including phenoxy) is 1. The molecule has 0 bridgehead atoms. The largest absolute Gasteiger partial charge is 0.484 e. The molecule has 0 saturated heterocycles. The first kappa shape index (κ1) is 12.5. The van der Waals surface area contributed by atoms with Gasteiger partial charge in [-0.1, -0.05) is 41.9 Å². The van der Waals surface area contributed by atoms with Gasteiger partial charge in [-0.15, -0.1) is 0 Å². The van der Waals surface area contributed by atoms with Crippen LogP contribution in [0.1, 0.15) is 5.56 Å². The molecule has 0 amide bonds. The molecule has 0 aromatic heterocycles. The molecule has 94 valence electrons. The van der Waals surface area contributed by atoms with Crippen LogP contribution >= 0.6 is 11.6 Å². The van der Waals surface area contributed by atoms with Crippen LogP contribution in [0.3, 0.4) is 0 Å². The van der Waals surface area contributed by atoms with Gasteiger partial charge >= 0.3 is 0 Å². The SMILES string of the molecule is Nc1cc(N)c(OCc2ccccc2)c(F)c1Cl. The number of hydrogen-bond donors (Lipinski definition) is 2. The standard InChI is InChI=1S/C13H12ClFN2O/c14-11-9(16)6-10(17)13(12(11)15)18-7-8-4-2-1-3-5-8/h1-6H,7,16-17H2. The molecule has 0 aliphatic heterocycles. The number of nitrogen functional groups attached to an aromatic ring is 2. The summed E-state index contributed by atoms with van der Waals surface area (Å²) in [5.74, 6) is -0.803. The summed E-state index contributed by atoms with van der Waals surface area (Å²) in [4.78, 5) is 0. The molecule has 0 atom stereocenters. The molecule has 0 unspecified atom stereocenters. The Balaban J connectivity index is 2.22. The Hall–Kier alpha value is -1.94. The molecule has 0 saturated carbocycles. The Morgan fingerprint density at radius 1 is 1.11 bits per heavy atom. The van der Waals surface area contributed by atoms with Crippen LogP contribution in [0, 0.1) is 5.82 Å². The van der Waals surface area contributed by atoms with E-state index in [0.717, 1.165) is 5.56 Å². The Morgan fingerprint density at radius 2 is 1.78 bits per heavy atom. The normalized spacial score (nSPS) is 10.3. The molecule has 18 heavy (non-hydrogen) atoms. The van der Waals surface area contributed by atoms with Gasteiger partial charge in [0.2, 0.25) is 0 Å². The quantitative estimate of drug-likeness (QED) is 0.839. The Labute approximate surface area is 109 Å². The van der Waals surface area contributed by atoms with Crippen molar-refractivity contribution in [2.75, 3.05) is 11.5 Å². The second-order valence-corrected chi connectivity index (χ2v) is 4.16. The summed E-state index contributed by atoms with van der Waals surface area (Å²) in [6.45, 7) is 0.211. The molecule has 5 heteroatoms. The lowest BCUT2D eigenvalue weighted by atomic mass is 10.2. The third-order valence-electron chi connectivity index (χ3n) is 2.44. The van der Waals surface area contributed by atoms with Crippen LogP contribution in [0.5, 0.6) is 5.75 Å². The van der Waals surface area contributed by atoms with Crippen LogP contribution in [0.15, 0.2) is 36.4 Å². The topological polar surface area (TPSA) is 61.3 Å². The van der Waals surface area contributed by atoms with E-state index in [1.54, 1.807) is 0 Å². The van der Waals surface area contributed by atoms with Crippen molar-refractivity contribution in [3.05, 3.63) is 52.8 Å². The van der Waals surface area contributed by atoms with Gasteiger partial charge in [0, 0.05) is 0 Å². The van der Waals surface area contributed by atoms with Gasteiger partial charge in [0.25, 0.3) is 0 Å². The third-order valence-corrected chi connectivity index (χ3v) is 2.83. The van der Waals surface area contributed by atoms with Gasteiger partial charge in [-0.2, -0.15) is 0 Å². The third kappa shape index (κ3) is 2.49. The van der Waals surface area contributed by atoms with Crippen molar-refractivity contribution in [3.8, 4) is 5.75 Å². The average molecular weight is 267 g/mol. The number of hydrogen-bond acceptors (Lipinski definition) is 3. The first-order chi connectivity index (χ1) is 8.59. The molecule has 2 aromatic rings. The van der Waals surface area contributed by atoms with Gasteiger partial charge in [-0.05, 0) is 11.6 Å². The Kier molecular flexibility index (Phi) is 3.58. The fraction of sp³-hybridized carbons (Fsp3) is 0.0769. The summed E-state index contributed by atoms with van der Waals surface area (Å²) in [7, 11) is 0. The monoisotopic (exact) mass is 266 g/mol. The second-order valence-electron chi connectivity index (χ2n) is 3.79. The van der Waals surface area contributed by atoms with Crippen molar-refractivity contribution < 1.29 is 9.13 Å². The highest BCUT2D eigenvalue weighted by atomic mass is 35.5. The van der Waals surface area contributed by atoms with E-state index in [1.807, 2.05) is 30.3 Å². The van der Waals surface area contributed by atoms with E-state index in [0.29, 0.717) is 0 Å². The molecule has 0 radical (unpaired) electrons. The van der Waals surface area contributed by atoms with Crippen molar-refractivity contribution >= 4 is 23.0 Å².